The molecule has 2 aromatic rings. The number of nitrogens with zero attached hydrogens (tertiary/aromatic N) is 4. The average Bonchev–Trinajstić information content (AvgIpc) is 3.05. The van der Waals surface area contributed by atoms with Crippen molar-refractivity contribution in [1.82, 2.24) is 24.8 Å². The first-order valence-corrected chi connectivity index (χ1v) is 18.2. The number of aryl methyl sites for hydroxylation is 1. The van der Waals surface area contributed by atoms with Crippen molar-refractivity contribution in [3.63, 3.8) is 0 Å². The Morgan fingerprint density at radius 2 is 1.98 bits per heavy atom. The number of imidazole rings is 1. The quantitative estimate of drug-likeness (QED) is 0.224. The number of pyridine rings is 1. The number of aromatic nitrogens is 3. The van der Waals surface area contributed by atoms with Gasteiger partial charge in [0.25, 0.3) is 0 Å². The highest BCUT2D eigenvalue weighted by atomic mass is 127. The lowest BCUT2D eigenvalue weighted by Gasteiger charge is -2.33. The number of aromatic hydroxyl groups is 1. The summed E-state index contributed by atoms with van der Waals surface area (Å²) in [5, 5.41) is 19.4. The molecule has 0 radical (unpaired) electrons. The zero-order valence-corrected chi connectivity index (χ0v) is 29.2. The molecule has 3 N–H and O–H groups in total. The van der Waals surface area contributed by atoms with Crippen LogP contribution in [0.25, 0.3) is 12.2 Å². The number of rotatable bonds is 12. The van der Waals surface area contributed by atoms with E-state index < -0.39 is 5.41 Å². The van der Waals surface area contributed by atoms with Gasteiger partial charge < -0.3 is 29.9 Å². The largest absolute Gasteiger partial charge is 0.506 e. The van der Waals surface area contributed by atoms with Crippen LogP contribution >= 0.6 is 43.3 Å². The van der Waals surface area contributed by atoms with Crippen molar-refractivity contribution in [3.8, 4) is 5.75 Å². The number of halogens is 2. The Morgan fingerprint density at radius 3 is 2.71 bits per heavy atom. The molecule has 4 rings (SSSR count). The van der Waals surface area contributed by atoms with Crippen LogP contribution in [0.15, 0.2) is 12.1 Å². The number of hydrogen-bond donors (Lipinski definition) is 3. The number of carbonyl (C=O) groups is 1. The first-order chi connectivity index (χ1) is 19.4. The van der Waals surface area contributed by atoms with Crippen molar-refractivity contribution >= 4 is 71.3 Å². The molecule has 1 fully saturated rings. The number of nitrogens with one attached hydrogen (secondary N) is 2. The summed E-state index contributed by atoms with van der Waals surface area (Å²) >= 11 is 2.28. The highest BCUT2D eigenvalue weighted by molar-refractivity contribution is 14.2. The predicted molar refractivity (Wildman–Crippen MR) is 184 cm³/mol. The van der Waals surface area contributed by atoms with E-state index in [1.54, 1.807) is 6.07 Å². The number of ether oxygens (including phenoxy) is 1. The molecule has 11 heteroatoms. The summed E-state index contributed by atoms with van der Waals surface area (Å²) in [5.74, 6) is 1.12. The Balaban J connectivity index is 1.31. The van der Waals surface area contributed by atoms with E-state index in [2.05, 4.69) is 63.8 Å². The van der Waals surface area contributed by atoms with E-state index in [9.17, 15) is 9.90 Å². The lowest BCUT2D eigenvalue weighted by atomic mass is 9.88. The van der Waals surface area contributed by atoms with Crippen molar-refractivity contribution in [2.24, 2.45) is 5.41 Å². The van der Waals surface area contributed by atoms with Gasteiger partial charge in [0.1, 0.15) is 15.1 Å². The van der Waals surface area contributed by atoms with E-state index in [1.807, 2.05) is 40.7 Å². The molecule has 1 amide bonds. The average molecular weight is 791 g/mol. The fourth-order valence-electron chi connectivity index (χ4n) is 4.94. The maximum absolute atomic E-state index is 12.8. The standard InChI is InChI=1S/C30H44I2N6O3/c1-21-6-7-26(39)24(34-21)20-38-25-9-14-32-13-8-23(25)36-28(38)35-22-10-16-37(17-11-22)18-15-33-27(40)29(2,3)12-19-41-30(4,5)31/h6-9,14,22,39H,10-13,15-20H2,1-5H3,(H,33,40)(H,35,36). The van der Waals surface area contributed by atoms with E-state index in [0.717, 1.165) is 59.2 Å². The summed E-state index contributed by atoms with van der Waals surface area (Å²) in [6, 6.07) is 3.85. The summed E-state index contributed by atoms with van der Waals surface area (Å²) in [6.45, 7) is 14.4. The Hall–Kier alpha value is -1.58. The Bertz CT molecular complexity index is 1360. The van der Waals surface area contributed by atoms with Gasteiger partial charge in [0.05, 0.1) is 17.2 Å². The van der Waals surface area contributed by atoms with Crippen molar-refractivity contribution < 1.29 is 14.6 Å². The van der Waals surface area contributed by atoms with Gasteiger partial charge >= 0.3 is 0 Å². The molecule has 41 heavy (non-hydrogen) atoms. The molecule has 0 aliphatic carbocycles. The van der Waals surface area contributed by atoms with Crippen molar-refractivity contribution in [2.75, 3.05) is 42.5 Å². The molecule has 0 aromatic carbocycles. The third kappa shape index (κ3) is 9.45. The molecule has 0 saturated carbocycles. The molecule has 0 unspecified atom stereocenters. The van der Waals surface area contributed by atoms with Gasteiger partial charge in [0.2, 0.25) is 11.9 Å². The van der Waals surface area contributed by atoms with Gasteiger partial charge in [-0.15, -0.1) is 20.7 Å². The van der Waals surface area contributed by atoms with Crippen molar-refractivity contribution in [2.45, 2.75) is 70.1 Å². The molecule has 0 atom stereocenters. The summed E-state index contributed by atoms with van der Waals surface area (Å²) in [6.07, 6.45) is 7.12. The lowest BCUT2D eigenvalue weighted by molar-refractivity contribution is -0.130. The number of piperidine rings is 1. The molecular formula is C30H44I2N6O3. The van der Waals surface area contributed by atoms with Crippen LogP contribution in [0.2, 0.25) is 0 Å². The fourth-order valence-corrected chi connectivity index (χ4v) is 6.72. The number of hydrogen-bond acceptors (Lipinski definition) is 7. The molecule has 1 saturated heterocycles. The van der Waals surface area contributed by atoms with Crippen LogP contribution in [0.5, 0.6) is 5.75 Å². The summed E-state index contributed by atoms with van der Waals surface area (Å²) in [5.41, 5.74) is 1.08. The Morgan fingerprint density at radius 1 is 1.22 bits per heavy atom. The van der Waals surface area contributed by atoms with E-state index in [0.29, 0.717) is 37.9 Å². The maximum atomic E-state index is 12.8. The second-order valence-electron chi connectivity index (χ2n) is 11.9. The zero-order chi connectivity index (χ0) is 29.6. The third-order valence-corrected chi connectivity index (χ3v) is 9.65. The van der Waals surface area contributed by atoms with Gasteiger partial charge in [-0.25, -0.2) is 4.98 Å². The third-order valence-electron chi connectivity index (χ3n) is 7.52. The highest BCUT2D eigenvalue weighted by Crippen LogP contribution is 2.24. The van der Waals surface area contributed by atoms with Gasteiger partial charge in [-0.2, -0.15) is 0 Å². The SMILES string of the molecule is Cc1ccc(O)c(Cn2c(NC3CCN(CCNC(=O)C(C)(C)CCOC(C)(C)I)CC3)nc3c2=CC=ICC=3)n1. The van der Waals surface area contributed by atoms with Gasteiger partial charge in [-0.3, -0.25) is 9.78 Å². The van der Waals surface area contributed by atoms with E-state index in [1.165, 1.54) is 0 Å². The molecule has 9 nitrogen and oxygen atoms in total. The number of carbonyl (C=O) groups excluding carboxylic acids is 1. The molecule has 0 spiro atoms. The van der Waals surface area contributed by atoms with Crippen LogP contribution in [0.3, 0.4) is 0 Å². The number of likely N-dealkylation sites (tertiary alicyclic amines) is 1. The molecule has 2 aliphatic rings. The Kier molecular flexibility index (Phi) is 11.2. The second-order valence-corrected chi connectivity index (χ2v) is 17.0. The smallest absolute Gasteiger partial charge is 0.225 e. The molecule has 2 aliphatic heterocycles. The van der Waals surface area contributed by atoms with Crippen molar-refractivity contribution in [3.05, 3.63) is 34.2 Å². The van der Waals surface area contributed by atoms with Crippen LogP contribution in [-0.2, 0) is 16.1 Å². The Labute approximate surface area is 267 Å². The minimum Gasteiger partial charge on any atom is -0.506 e. The molecule has 0 bridgehead atoms. The van der Waals surface area contributed by atoms with Crippen LogP contribution < -0.4 is 21.3 Å². The van der Waals surface area contributed by atoms with E-state index >= 15 is 0 Å². The van der Waals surface area contributed by atoms with Crippen LogP contribution in [0, 0.1) is 12.3 Å². The number of amides is 1. The highest BCUT2D eigenvalue weighted by Gasteiger charge is 2.28. The van der Waals surface area contributed by atoms with Crippen LogP contribution in [0.4, 0.5) is 5.95 Å². The zero-order valence-electron chi connectivity index (χ0n) is 24.8. The normalized spacial score (nSPS) is 16.6. The van der Waals surface area contributed by atoms with Crippen molar-refractivity contribution in [1.29, 1.82) is 0 Å². The maximum Gasteiger partial charge on any atom is 0.225 e. The summed E-state index contributed by atoms with van der Waals surface area (Å²) in [4.78, 5) is 24.8. The van der Waals surface area contributed by atoms with Gasteiger partial charge in [0, 0.05) is 54.4 Å². The minimum absolute atomic E-state index is 0.0109. The van der Waals surface area contributed by atoms with Gasteiger partial charge in [0.15, 0.2) is 0 Å². The van der Waals surface area contributed by atoms with E-state index in [4.69, 9.17) is 9.72 Å². The first-order valence-electron chi connectivity index (χ1n) is 14.3. The van der Waals surface area contributed by atoms with Crippen LogP contribution in [0.1, 0.15) is 58.3 Å². The predicted octanol–water partition coefficient (Wildman–Crippen LogP) is 3.28. The lowest BCUT2D eigenvalue weighted by Crippen LogP contribution is -2.45. The minimum atomic E-state index is -0.460. The number of fused-ring (bicyclic) bond motifs is 1. The number of alkyl halides is 2. The fraction of sp³-hybridized carbons (Fsp3) is 0.600. The molecule has 2 aromatic heterocycles. The second kappa shape index (κ2) is 14.3. The van der Waals surface area contributed by atoms with Gasteiger partial charge in [-0.1, -0.05) is 13.8 Å². The number of anilines is 1. The van der Waals surface area contributed by atoms with Gasteiger partial charge in [-0.05, 0) is 90.9 Å². The molecule has 226 valence electrons. The van der Waals surface area contributed by atoms with Crippen LogP contribution in [-0.4, -0.2) is 81.3 Å². The molecule has 4 heterocycles. The van der Waals surface area contributed by atoms with E-state index in [-0.39, 0.29) is 36.0 Å². The first kappa shape index (κ1) is 32.3. The topological polar surface area (TPSA) is 105 Å². The monoisotopic (exact) mass is 790 g/mol. The molecular weight excluding hydrogens is 746 g/mol. The summed E-state index contributed by atoms with van der Waals surface area (Å²) in [7, 11) is 0. The summed E-state index contributed by atoms with van der Waals surface area (Å²) < 4.78 is 11.1.